The molecular weight excluding hydrogens is 263 g/mol. The minimum absolute atomic E-state index is 0.0471. The molecule has 0 amide bonds. The van der Waals surface area contributed by atoms with Crippen LogP contribution in [0.3, 0.4) is 0 Å². The molecule has 3 N–H and O–H groups in total. The van der Waals surface area contributed by atoms with E-state index in [1.807, 2.05) is 0 Å². The molecule has 0 saturated carbocycles. The van der Waals surface area contributed by atoms with Gasteiger partial charge in [0.25, 0.3) is 0 Å². The highest BCUT2D eigenvalue weighted by Gasteiger charge is 2.32. The van der Waals surface area contributed by atoms with E-state index in [1.54, 1.807) is 6.07 Å². The minimum atomic E-state index is -4.79. The Labute approximate surface area is 108 Å². The fourth-order valence-corrected chi connectivity index (χ4v) is 1.73. The Hall–Kier alpha value is -1.76. The summed E-state index contributed by atoms with van der Waals surface area (Å²) in [7, 11) is 0. The number of benzene rings is 1. The van der Waals surface area contributed by atoms with Gasteiger partial charge in [0.05, 0.1) is 0 Å². The number of aliphatic carboxylic acids is 1. The number of alkyl halides is 3. The van der Waals surface area contributed by atoms with Crippen molar-refractivity contribution in [3.63, 3.8) is 0 Å². The molecule has 0 aliphatic rings. The molecule has 7 heteroatoms. The van der Waals surface area contributed by atoms with Gasteiger partial charge < -0.3 is 15.6 Å². The number of para-hydroxylation sites is 1. The number of hydrogen-bond donors (Lipinski definition) is 2. The predicted octanol–water partition coefficient (Wildman–Crippen LogP) is 2.49. The van der Waals surface area contributed by atoms with Gasteiger partial charge in [0.1, 0.15) is 5.75 Å². The van der Waals surface area contributed by atoms with E-state index in [-0.39, 0.29) is 30.7 Å². The van der Waals surface area contributed by atoms with Crippen LogP contribution in [0.4, 0.5) is 13.2 Å². The minimum Gasteiger partial charge on any atom is -0.481 e. The summed E-state index contributed by atoms with van der Waals surface area (Å²) in [5.74, 6) is -1.85. The summed E-state index contributed by atoms with van der Waals surface area (Å²) < 4.78 is 40.7. The third kappa shape index (κ3) is 5.17. The monoisotopic (exact) mass is 277 g/mol. The van der Waals surface area contributed by atoms with Crippen LogP contribution >= 0.6 is 0 Å². The molecule has 0 saturated heterocycles. The van der Waals surface area contributed by atoms with Gasteiger partial charge >= 0.3 is 12.3 Å². The molecule has 1 aromatic carbocycles. The molecule has 19 heavy (non-hydrogen) atoms. The van der Waals surface area contributed by atoms with Crippen LogP contribution in [0.5, 0.6) is 5.75 Å². The lowest BCUT2D eigenvalue weighted by Gasteiger charge is -2.19. The average Bonchev–Trinajstić information content (AvgIpc) is 2.29. The van der Waals surface area contributed by atoms with Gasteiger partial charge in [-0.25, -0.2) is 0 Å². The Balaban J connectivity index is 2.93. The van der Waals surface area contributed by atoms with E-state index >= 15 is 0 Å². The van der Waals surface area contributed by atoms with Gasteiger partial charge in [0, 0.05) is 12.3 Å². The van der Waals surface area contributed by atoms with Crippen molar-refractivity contribution in [2.45, 2.75) is 25.1 Å². The van der Waals surface area contributed by atoms with Crippen LogP contribution in [-0.2, 0) is 4.79 Å². The van der Waals surface area contributed by atoms with Gasteiger partial charge in [0.15, 0.2) is 0 Å². The highest BCUT2D eigenvalue weighted by Crippen LogP contribution is 2.32. The van der Waals surface area contributed by atoms with Gasteiger partial charge in [-0.2, -0.15) is 0 Å². The van der Waals surface area contributed by atoms with Crippen molar-refractivity contribution >= 4 is 5.97 Å². The average molecular weight is 277 g/mol. The Morgan fingerprint density at radius 1 is 1.37 bits per heavy atom. The molecular formula is C12H14F3NO3. The Morgan fingerprint density at radius 3 is 2.53 bits per heavy atom. The van der Waals surface area contributed by atoms with Crippen molar-refractivity contribution in [3.8, 4) is 5.75 Å². The number of carboxylic acid groups (broad SMARTS) is 1. The molecule has 0 bridgehead atoms. The van der Waals surface area contributed by atoms with Gasteiger partial charge in [-0.1, -0.05) is 18.2 Å². The summed E-state index contributed by atoms with van der Waals surface area (Å²) in [6, 6.07) is 5.62. The van der Waals surface area contributed by atoms with Gasteiger partial charge in [-0.3, -0.25) is 4.79 Å². The molecule has 0 fully saturated rings. The number of hydrogen-bond acceptors (Lipinski definition) is 3. The number of carbonyl (C=O) groups is 1. The lowest BCUT2D eigenvalue weighted by atomic mass is 9.93. The van der Waals surface area contributed by atoms with Crippen molar-refractivity contribution in [1.29, 1.82) is 0 Å². The van der Waals surface area contributed by atoms with Crippen LogP contribution in [0.25, 0.3) is 0 Å². The smallest absolute Gasteiger partial charge is 0.481 e. The second kappa shape index (κ2) is 6.42. The predicted molar refractivity (Wildman–Crippen MR) is 61.8 cm³/mol. The van der Waals surface area contributed by atoms with Gasteiger partial charge in [-0.15, -0.1) is 13.2 Å². The second-order valence-corrected chi connectivity index (χ2v) is 3.95. The summed E-state index contributed by atoms with van der Waals surface area (Å²) in [4.78, 5) is 10.5. The Morgan fingerprint density at radius 2 is 2.00 bits per heavy atom. The van der Waals surface area contributed by atoms with E-state index in [1.165, 1.54) is 18.2 Å². The van der Waals surface area contributed by atoms with E-state index in [4.69, 9.17) is 10.8 Å². The lowest BCUT2D eigenvalue weighted by molar-refractivity contribution is -0.275. The Bertz CT molecular complexity index is 434. The fourth-order valence-electron chi connectivity index (χ4n) is 1.73. The molecule has 1 rings (SSSR count). The van der Waals surface area contributed by atoms with Crippen molar-refractivity contribution in [3.05, 3.63) is 29.8 Å². The zero-order valence-electron chi connectivity index (χ0n) is 9.98. The maximum atomic E-state index is 12.3. The molecule has 1 aromatic rings. The van der Waals surface area contributed by atoms with Gasteiger partial charge in [-0.05, 0) is 24.6 Å². The SMILES string of the molecule is NCC(CCC(=O)O)c1ccccc1OC(F)(F)F. The molecule has 1 atom stereocenters. The molecule has 0 heterocycles. The third-order valence-electron chi connectivity index (χ3n) is 2.58. The first-order chi connectivity index (χ1) is 8.83. The van der Waals surface area contributed by atoms with Crippen LogP contribution in [0.15, 0.2) is 24.3 Å². The number of halogens is 3. The van der Waals surface area contributed by atoms with Crippen molar-refractivity contribution in [2.75, 3.05) is 6.54 Å². The molecule has 0 aromatic heterocycles. The van der Waals surface area contributed by atoms with Crippen LogP contribution in [0, 0.1) is 0 Å². The van der Waals surface area contributed by atoms with Crippen LogP contribution in [0.1, 0.15) is 24.3 Å². The standard InChI is InChI=1S/C12H14F3NO3/c13-12(14,15)19-10-4-2-1-3-9(10)8(7-16)5-6-11(17)18/h1-4,8H,5-7,16H2,(H,17,18). The summed E-state index contributed by atoms with van der Waals surface area (Å²) in [6.45, 7) is 0.0471. The summed E-state index contributed by atoms with van der Waals surface area (Å²) in [6.07, 6.45) is -4.80. The fraction of sp³-hybridized carbons (Fsp3) is 0.417. The van der Waals surface area contributed by atoms with Crippen LogP contribution in [-0.4, -0.2) is 24.0 Å². The van der Waals surface area contributed by atoms with Crippen molar-refractivity contribution < 1.29 is 27.8 Å². The topological polar surface area (TPSA) is 72.6 Å². The molecule has 0 spiro atoms. The van der Waals surface area contributed by atoms with Crippen molar-refractivity contribution in [1.82, 2.24) is 0 Å². The normalized spacial score (nSPS) is 13.1. The van der Waals surface area contributed by atoms with E-state index in [0.717, 1.165) is 0 Å². The van der Waals surface area contributed by atoms with E-state index in [0.29, 0.717) is 0 Å². The maximum absolute atomic E-state index is 12.3. The molecule has 0 radical (unpaired) electrons. The molecule has 106 valence electrons. The first kappa shape index (κ1) is 15.3. The first-order valence-corrected chi connectivity index (χ1v) is 5.60. The summed E-state index contributed by atoms with van der Waals surface area (Å²) in [5, 5.41) is 8.61. The van der Waals surface area contributed by atoms with E-state index < -0.39 is 18.2 Å². The number of ether oxygens (including phenoxy) is 1. The zero-order chi connectivity index (χ0) is 14.5. The molecule has 0 aliphatic carbocycles. The van der Waals surface area contributed by atoms with E-state index in [9.17, 15) is 18.0 Å². The van der Waals surface area contributed by atoms with Crippen LogP contribution < -0.4 is 10.5 Å². The number of rotatable bonds is 6. The zero-order valence-corrected chi connectivity index (χ0v) is 9.98. The third-order valence-corrected chi connectivity index (χ3v) is 2.58. The summed E-state index contributed by atoms with van der Waals surface area (Å²) in [5.41, 5.74) is 5.76. The summed E-state index contributed by atoms with van der Waals surface area (Å²) >= 11 is 0. The largest absolute Gasteiger partial charge is 0.573 e. The quantitative estimate of drug-likeness (QED) is 0.838. The highest BCUT2D eigenvalue weighted by molar-refractivity contribution is 5.66. The maximum Gasteiger partial charge on any atom is 0.573 e. The van der Waals surface area contributed by atoms with Gasteiger partial charge in [0.2, 0.25) is 0 Å². The number of carboxylic acids is 1. The molecule has 4 nitrogen and oxygen atoms in total. The highest BCUT2D eigenvalue weighted by atomic mass is 19.4. The molecule has 1 unspecified atom stereocenters. The second-order valence-electron chi connectivity index (χ2n) is 3.95. The molecule has 0 aliphatic heterocycles. The lowest BCUT2D eigenvalue weighted by Crippen LogP contribution is -2.20. The van der Waals surface area contributed by atoms with Crippen molar-refractivity contribution in [2.24, 2.45) is 5.73 Å². The van der Waals surface area contributed by atoms with Crippen LogP contribution in [0.2, 0.25) is 0 Å². The Kier molecular flexibility index (Phi) is 5.17. The first-order valence-electron chi connectivity index (χ1n) is 5.60. The number of nitrogens with two attached hydrogens (primary N) is 1. The van der Waals surface area contributed by atoms with E-state index in [2.05, 4.69) is 4.74 Å².